The van der Waals surface area contributed by atoms with Gasteiger partial charge in [0.2, 0.25) is 11.8 Å². The van der Waals surface area contributed by atoms with Crippen LogP contribution in [0.5, 0.6) is 0 Å². The molecule has 2 aliphatic rings. The lowest BCUT2D eigenvalue weighted by atomic mass is 9.94. The van der Waals surface area contributed by atoms with Crippen molar-refractivity contribution in [3.05, 3.63) is 35.9 Å². The molecular weight excluding hydrogens is 292 g/mol. The van der Waals surface area contributed by atoms with Gasteiger partial charge in [-0.1, -0.05) is 30.3 Å². The average molecular weight is 316 g/mol. The maximum atomic E-state index is 12.4. The fourth-order valence-corrected chi connectivity index (χ4v) is 3.27. The normalized spacial score (nSPS) is 23.9. The lowest BCUT2D eigenvalue weighted by Crippen LogP contribution is -2.37. The minimum absolute atomic E-state index is 0.00873. The Bertz CT molecular complexity index is 543. The summed E-state index contributed by atoms with van der Waals surface area (Å²) in [4.78, 5) is 26.3. The molecule has 2 atom stereocenters. The number of benzene rings is 1. The fraction of sp³-hybridized carbons (Fsp3) is 0.529. The quantitative estimate of drug-likeness (QED) is 0.743. The van der Waals surface area contributed by atoms with Crippen molar-refractivity contribution in [2.75, 3.05) is 26.2 Å². The first kappa shape index (κ1) is 16.0. The molecule has 0 saturated carbocycles. The summed E-state index contributed by atoms with van der Waals surface area (Å²) in [5.74, 6) is -0.0325. The van der Waals surface area contributed by atoms with Gasteiger partial charge in [-0.3, -0.25) is 15.0 Å². The van der Waals surface area contributed by atoms with E-state index in [2.05, 4.69) is 16.2 Å². The van der Waals surface area contributed by atoms with Crippen LogP contribution >= 0.6 is 0 Å². The molecular formula is C17H24N4O2. The largest absolute Gasteiger partial charge is 0.355 e. The number of hydrogen-bond donors (Lipinski definition) is 3. The lowest BCUT2D eigenvalue weighted by molar-refractivity contribution is -0.130. The first-order chi connectivity index (χ1) is 11.3. The molecule has 2 amide bonds. The molecule has 0 spiro atoms. The second-order valence-corrected chi connectivity index (χ2v) is 6.15. The Kier molecular flexibility index (Phi) is 5.25. The number of nitrogens with one attached hydrogen (secondary N) is 3. The van der Waals surface area contributed by atoms with Gasteiger partial charge in [0.15, 0.2) is 0 Å². The van der Waals surface area contributed by atoms with Crippen LogP contribution in [0.15, 0.2) is 30.3 Å². The van der Waals surface area contributed by atoms with Gasteiger partial charge in [0.25, 0.3) is 0 Å². The van der Waals surface area contributed by atoms with E-state index in [9.17, 15) is 9.59 Å². The summed E-state index contributed by atoms with van der Waals surface area (Å²) >= 11 is 0. The number of rotatable bonds is 5. The van der Waals surface area contributed by atoms with E-state index in [0.29, 0.717) is 19.5 Å². The third-order valence-electron chi connectivity index (χ3n) is 4.57. The minimum atomic E-state index is -0.167. The van der Waals surface area contributed by atoms with E-state index < -0.39 is 0 Å². The minimum Gasteiger partial charge on any atom is -0.355 e. The molecule has 6 heteroatoms. The number of carbonyl (C=O) groups excluding carboxylic acids is 2. The zero-order valence-corrected chi connectivity index (χ0v) is 13.3. The van der Waals surface area contributed by atoms with Crippen LogP contribution in [0.4, 0.5) is 0 Å². The van der Waals surface area contributed by atoms with Crippen molar-refractivity contribution in [3.8, 4) is 0 Å². The van der Waals surface area contributed by atoms with Crippen molar-refractivity contribution in [3.63, 3.8) is 0 Å². The highest BCUT2D eigenvalue weighted by Crippen LogP contribution is 2.24. The predicted octanol–water partition coefficient (Wildman–Crippen LogP) is 0.580. The Balaban J connectivity index is 1.48. The highest BCUT2D eigenvalue weighted by atomic mass is 16.2. The maximum Gasteiger partial charge on any atom is 0.226 e. The molecule has 0 aliphatic carbocycles. The molecule has 2 aliphatic heterocycles. The number of hydrogen-bond acceptors (Lipinski definition) is 4. The number of hydrazine groups is 1. The van der Waals surface area contributed by atoms with Gasteiger partial charge >= 0.3 is 0 Å². The van der Waals surface area contributed by atoms with Crippen molar-refractivity contribution in [1.29, 1.82) is 0 Å². The molecule has 2 heterocycles. The van der Waals surface area contributed by atoms with Gasteiger partial charge < -0.3 is 10.2 Å². The molecule has 2 unspecified atom stereocenters. The highest BCUT2D eigenvalue weighted by Gasteiger charge is 2.33. The molecule has 124 valence electrons. The van der Waals surface area contributed by atoms with Crippen LogP contribution in [-0.2, 0) is 9.59 Å². The summed E-state index contributed by atoms with van der Waals surface area (Å²) in [6.45, 7) is 2.72. The molecule has 6 nitrogen and oxygen atoms in total. The van der Waals surface area contributed by atoms with Crippen molar-refractivity contribution in [2.24, 2.45) is 5.92 Å². The van der Waals surface area contributed by atoms with Crippen LogP contribution < -0.4 is 16.2 Å². The third kappa shape index (κ3) is 3.89. The topological polar surface area (TPSA) is 73.5 Å². The Morgan fingerprint density at radius 3 is 2.65 bits per heavy atom. The summed E-state index contributed by atoms with van der Waals surface area (Å²) < 4.78 is 0. The van der Waals surface area contributed by atoms with E-state index in [1.165, 1.54) is 0 Å². The van der Waals surface area contributed by atoms with Crippen molar-refractivity contribution in [2.45, 2.75) is 25.3 Å². The Labute approximate surface area is 136 Å². The standard InChI is InChI=1S/C17H24N4O2/c22-15(21-10-4-5-11-21)8-9-18-17(23)14-12-19-20-16(14)13-6-2-1-3-7-13/h1-3,6-7,14,16,19-20H,4-5,8-12H2,(H,18,23). The summed E-state index contributed by atoms with van der Waals surface area (Å²) in [7, 11) is 0. The van der Waals surface area contributed by atoms with Gasteiger partial charge in [-0.2, -0.15) is 0 Å². The van der Waals surface area contributed by atoms with E-state index in [4.69, 9.17) is 0 Å². The zero-order chi connectivity index (χ0) is 16.1. The molecule has 1 aromatic rings. The molecule has 3 N–H and O–H groups in total. The van der Waals surface area contributed by atoms with Gasteiger partial charge in [-0.15, -0.1) is 0 Å². The monoisotopic (exact) mass is 316 g/mol. The second-order valence-electron chi connectivity index (χ2n) is 6.15. The molecule has 0 aromatic heterocycles. The van der Waals surface area contributed by atoms with Crippen molar-refractivity contribution in [1.82, 2.24) is 21.1 Å². The van der Waals surface area contributed by atoms with Crippen molar-refractivity contribution < 1.29 is 9.59 Å². The fourth-order valence-electron chi connectivity index (χ4n) is 3.27. The third-order valence-corrected chi connectivity index (χ3v) is 4.57. The smallest absolute Gasteiger partial charge is 0.226 e. The van der Waals surface area contributed by atoms with Crippen LogP contribution in [0.2, 0.25) is 0 Å². The van der Waals surface area contributed by atoms with Crippen molar-refractivity contribution >= 4 is 11.8 Å². The van der Waals surface area contributed by atoms with E-state index in [1.54, 1.807) is 0 Å². The van der Waals surface area contributed by atoms with Crippen LogP contribution in [0.25, 0.3) is 0 Å². The van der Waals surface area contributed by atoms with Crippen LogP contribution in [0, 0.1) is 5.92 Å². The van der Waals surface area contributed by atoms with Crippen LogP contribution in [0.3, 0.4) is 0 Å². The van der Waals surface area contributed by atoms with E-state index in [-0.39, 0.29) is 23.8 Å². The Morgan fingerprint density at radius 2 is 1.91 bits per heavy atom. The summed E-state index contributed by atoms with van der Waals surface area (Å²) in [5, 5.41) is 2.91. The molecule has 23 heavy (non-hydrogen) atoms. The molecule has 2 fully saturated rings. The van der Waals surface area contributed by atoms with Gasteiger partial charge in [0.05, 0.1) is 12.0 Å². The molecule has 3 rings (SSSR count). The lowest BCUT2D eigenvalue weighted by Gasteiger charge is -2.19. The van der Waals surface area contributed by atoms with Gasteiger partial charge in [-0.25, -0.2) is 5.43 Å². The number of nitrogens with zero attached hydrogens (tertiary/aromatic N) is 1. The van der Waals surface area contributed by atoms with Gasteiger partial charge in [0, 0.05) is 32.6 Å². The molecule has 0 radical (unpaired) electrons. The Morgan fingerprint density at radius 1 is 1.17 bits per heavy atom. The number of likely N-dealkylation sites (tertiary alicyclic amines) is 1. The molecule has 2 saturated heterocycles. The molecule has 1 aromatic carbocycles. The summed E-state index contributed by atoms with van der Waals surface area (Å²) in [6.07, 6.45) is 2.57. The zero-order valence-electron chi connectivity index (χ0n) is 13.3. The van der Waals surface area contributed by atoms with E-state index >= 15 is 0 Å². The van der Waals surface area contributed by atoms with Crippen LogP contribution in [0.1, 0.15) is 30.9 Å². The predicted molar refractivity (Wildman–Crippen MR) is 87.3 cm³/mol. The first-order valence-electron chi connectivity index (χ1n) is 8.34. The first-order valence-corrected chi connectivity index (χ1v) is 8.34. The van der Waals surface area contributed by atoms with Gasteiger partial charge in [0.1, 0.15) is 0 Å². The molecule has 0 bridgehead atoms. The Hall–Kier alpha value is -1.92. The highest BCUT2D eigenvalue weighted by molar-refractivity contribution is 5.81. The van der Waals surface area contributed by atoms with E-state index in [1.807, 2.05) is 35.2 Å². The van der Waals surface area contributed by atoms with Crippen LogP contribution in [-0.4, -0.2) is 42.9 Å². The average Bonchev–Trinajstić information content (AvgIpc) is 3.27. The second kappa shape index (κ2) is 7.57. The maximum absolute atomic E-state index is 12.4. The number of carbonyl (C=O) groups is 2. The van der Waals surface area contributed by atoms with Gasteiger partial charge in [-0.05, 0) is 18.4 Å². The van der Waals surface area contributed by atoms with E-state index in [0.717, 1.165) is 31.5 Å². The summed E-state index contributed by atoms with van der Waals surface area (Å²) in [6, 6.07) is 9.90. The number of amides is 2. The SMILES string of the molecule is O=C(NCCC(=O)N1CCCC1)C1CNNC1c1ccccc1. The summed E-state index contributed by atoms with van der Waals surface area (Å²) in [5.41, 5.74) is 7.31.